The third kappa shape index (κ3) is 3.01. The van der Waals surface area contributed by atoms with E-state index in [1.165, 1.54) is 29.4 Å². The maximum absolute atomic E-state index is 13.7. The molecular formula is C15H18FN3O3S. The summed E-state index contributed by atoms with van der Waals surface area (Å²) in [5, 5.41) is 4.08. The predicted molar refractivity (Wildman–Crippen MR) is 81.8 cm³/mol. The Hall–Kier alpha value is -1.77. The molecule has 0 N–H and O–H groups in total. The number of nitrogens with zero attached hydrogens (tertiary/aromatic N) is 3. The average molecular weight is 339 g/mol. The maximum Gasteiger partial charge on any atom is 0.243 e. The quantitative estimate of drug-likeness (QED) is 0.853. The molecule has 0 amide bonds. The SMILES string of the molecule is Cc1c(F)cccc1S(=O)(=O)N1CCOC(c2cnn(C)c2)C1. The summed E-state index contributed by atoms with van der Waals surface area (Å²) in [7, 11) is -1.97. The van der Waals surface area contributed by atoms with Gasteiger partial charge in [-0.3, -0.25) is 4.68 Å². The van der Waals surface area contributed by atoms with Gasteiger partial charge in [-0.25, -0.2) is 12.8 Å². The van der Waals surface area contributed by atoms with E-state index >= 15 is 0 Å². The van der Waals surface area contributed by atoms with Gasteiger partial charge in [-0.2, -0.15) is 9.40 Å². The van der Waals surface area contributed by atoms with E-state index < -0.39 is 15.8 Å². The molecule has 0 spiro atoms. The Bertz CT molecular complexity index is 819. The summed E-state index contributed by atoms with van der Waals surface area (Å²) in [5.41, 5.74) is 0.959. The van der Waals surface area contributed by atoms with Crippen molar-refractivity contribution in [1.29, 1.82) is 0 Å². The van der Waals surface area contributed by atoms with Crippen LogP contribution in [0.2, 0.25) is 0 Å². The number of ether oxygens (including phenoxy) is 1. The molecule has 8 heteroatoms. The second kappa shape index (κ2) is 6.03. The number of sulfonamides is 1. The standard InChI is InChI=1S/C15H18FN3O3S/c1-11-13(16)4-3-5-15(11)23(20,21)19-6-7-22-14(10-19)12-8-17-18(2)9-12/h3-5,8-9,14H,6-7,10H2,1-2H3. The van der Waals surface area contributed by atoms with Crippen LogP contribution in [-0.4, -0.2) is 42.2 Å². The second-order valence-corrected chi connectivity index (χ2v) is 7.44. The van der Waals surface area contributed by atoms with Gasteiger partial charge in [0.15, 0.2) is 0 Å². The molecule has 1 aliphatic rings. The largest absolute Gasteiger partial charge is 0.371 e. The Kier molecular flexibility index (Phi) is 4.22. The van der Waals surface area contributed by atoms with E-state index in [-0.39, 0.29) is 36.3 Å². The van der Waals surface area contributed by atoms with Gasteiger partial charge in [0.1, 0.15) is 5.82 Å². The number of morpholine rings is 1. The highest BCUT2D eigenvalue weighted by Crippen LogP contribution is 2.28. The molecule has 1 saturated heterocycles. The number of hydrogen-bond donors (Lipinski definition) is 0. The lowest BCUT2D eigenvalue weighted by Gasteiger charge is -2.32. The molecule has 0 aliphatic carbocycles. The van der Waals surface area contributed by atoms with Crippen molar-refractivity contribution < 1.29 is 17.5 Å². The number of benzene rings is 1. The lowest BCUT2D eigenvalue weighted by Crippen LogP contribution is -2.42. The van der Waals surface area contributed by atoms with E-state index in [4.69, 9.17) is 4.74 Å². The van der Waals surface area contributed by atoms with Crippen molar-refractivity contribution in [2.45, 2.75) is 17.9 Å². The van der Waals surface area contributed by atoms with Crippen LogP contribution in [-0.2, 0) is 21.8 Å². The first-order valence-electron chi connectivity index (χ1n) is 7.25. The first kappa shape index (κ1) is 16.1. The molecule has 1 aromatic carbocycles. The molecule has 0 radical (unpaired) electrons. The third-order valence-corrected chi connectivity index (χ3v) is 5.97. The van der Waals surface area contributed by atoms with Crippen LogP contribution in [0.1, 0.15) is 17.2 Å². The fourth-order valence-corrected chi connectivity index (χ4v) is 4.32. The molecule has 23 heavy (non-hydrogen) atoms. The van der Waals surface area contributed by atoms with Crippen molar-refractivity contribution >= 4 is 10.0 Å². The van der Waals surface area contributed by atoms with Crippen LogP contribution in [0.15, 0.2) is 35.5 Å². The summed E-state index contributed by atoms with van der Waals surface area (Å²) in [4.78, 5) is 0.00402. The van der Waals surface area contributed by atoms with Crippen molar-refractivity contribution in [1.82, 2.24) is 14.1 Å². The van der Waals surface area contributed by atoms with E-state index in [1.54, 1.807) is 24.1 Å². The van der Waals surface area contributed by atoms with Gasteiger partial charge in [0.2, 0.25) is 10.0 Å². The number of rotatable bonds is 3. The smallest absolute Gasteiger partial charge is 0.243 e. The van der Waals surface area contributed by atoms with E-state index in [1.807, 2.05) is 0 Å². The monoisotopic (exact) mass is 339 g/mol. The van der Waals surface area contributed by atoms with Crippen molar-refractivity contribution in [3.8, 4) is 0 Å². The molecule has 124 valence electrons. The van der Waals surface area contributed by atoms with Crippen molar-refractivity contribution in [2.75, 3.05) is 19.7 Å². The van der Waals surface area contributed by atoms with Crippen molar-refractivity contribution in [3.63, 3.8) is 0 Å². The molecule has 2 heterocycles. The Morgan fingerprint density at radius 2 is 2.17 bits per heavy atom. The summed E-state index contributed by atoms with van der Waals surface area (Å²) in [5.74, 6) is -0.525. The van der Waals surface area contributed by atoms with Gasteiger partial charge in [0, 0.05) is 37.5 Å². The van der Waals surface area contributed by atoms with Gasteiger partial charge in [-0.15, -0.1) is 0 Å². The van der Waals surface area contributed by atoms with Crippen LogP contribution in [0.4, 0.5) is 4.39 Å². The second-order valence-electron chi connectivity index (χ2n) is 5.53. The Morgan fingerprint density at radius 1 is 1.39 bits per heavy atom. The number of aromatic nitrogens is 2. The number of hydrogen-bond acceptors (Lipinski definition) is 4. The van der Waals surface area contributed by atoms with Crippen LogP contribution >= 0.6 is 0 Å². The van der Waals surface area contributed by atoms with Crippen molar-refractivity contribution in [2.24, 2.45) is 7.05 Å². The molecule has 3 rings (SSSR count). The van der Waals surface area contributed by atoms with Crippen molar-refractivity contribution in [3.05, 3.63) is 47.5 Å². The molecule has 1 atom stereocenters. The molecule has 2 aromatic rings. The summed E-state index contributed by atoms with van der Waals surface area (Å²) >= 11 is 0. The lowest BCUT2D eigenvalue weighted by molar-refractivity contribution is -0.00260. The predicted octanol–water partition coefficient (Wildman–Crippen LogP) is 1.63. The van der Waals surface area contributed by atoms with Crippen LogP contribution < -0.4 is 0 Å². The van der Waals surface area contributed by atoms with Gasteiger partial charge in [-0.1, -0.05) is 6.07 Å². The Morgan fingerprint density at radius 3 is 2.87 bits per heavy atom. The Balaban J connectivity index is 1.89. The minimum absolute atomic E-state index is 0.00402. The van der Waals surface area contributed by atoms with Crippen LogP contribution in [0.3, 0.4) is 0 Å². The van der Waals surface area contributed by atoms with Gasteiger partial charge in [0.25, 0.3) is 0 Å². The van der Waals surface area contributed by atoms with Gasteiger partial charge < -0.3 is 4.74 Å². The highest BCUT2D eigenvalue weighted by Gasteiger charge is 2.33. The molecule has 1 fully saturated rings. The van der Waals surface area contributed by atoms with E-state index in [0.717, 1.165) is 5.56 Å². The van der Waals surface area contributed by atoms with Crippen LogP contribution in [0.25, 0.3) is 0 Å². The fraction of sp³-hybridized carbons (Fsp3) is 0.400. The summed E-state index contributed by atoms with van der Waals surface area (Å²) < 4.78 is 48.0. The molecule has 1 unspecified atom stereocenters. The fourth-order valence-electron chi connectivity index (χ4n) is 2.66. The number of halogens is 1. The third-order valence-electron chi connectivity index (χ3n) is 3.96. The van der Waals surface area contributed by atoms with Crippen LogP contribution in [0, 0.1) is 12.7 Å². The maximum atomic E-state index is 13.7. The van der Waals surface area contributed by atoms with E-state index in [0.29, 0.717) is 0 Å². The highest BCUT2D eigenvalue weighted by atomic mass is 32.2. The highest BCUT2D eigenvalue weighted by molar-refractivity contribution is 7.89. The van der Waals surface area contributed by atoms with Gasteiger partial charge >= 0.3 is 0 Å². The first-order valence-corrected chi connectivity index (χ1v) is 8.69. The molecule has 0 saturated carbocycles. The average Bonchev–Trinajstić information content (AvgIpc) is 2.96. The minimum atomic E-state index is -3.76. The normalized spacial score (nSPS) is 19.9. The zero-order valence-corrected chi connectivity index (χ0v) is 13.8. The number of aryl methyl sites for hydroxylation is 1. The summed E-state index contributed by atoms with van der Waals surface area (Å²) in [6.07, 6.45) is 3.09. The van der Waals surface area contributed by atoms with E-state index in [9.17, 15) is 12.8 Å². The topological polar surface area (TPSA) is 64.4 Å². The summed E-state index contributed by atoms with van der Waals surface area (Å²) in [6.45, 7) is 2.19. The van der Waals surface area contributed by atoms with Gasteiger partial charge in [-0.05, 0) is 19.1 Å². The molecule has 6 nitrogen and oxygen atoms in total. The summed E-state index contributed by atoms with van der Waals surface area (Å²) in [6, 6.07) is 4.10. The molecular weight excluding hydrogens is 321 g/mol. The Labute approximate surface area is 134 Å². The molecule has 1 aromatic heterocycles. The lowest BCUT2D eigenvalue weighted by atomic mass is 10.2. The zero-order valence-electron chi connectivity index (χ0n) is 12.9. The molecule has 0 bridgehead atoms. The first-order chi connectivity index (χ1) is 10.9. The van der Waals surface area contributed by atoms with Gasteiger partial charge in [0.05, 0.1) is 23.8 Å². The zero-order chi connectivity index (χ0) is 16.6. The van der Waals surface area contributed by atoms with Crippen LogP contribution in [0.5, 0.6) is 0 Å². The molecule has 1 aliphatic heterocycles. The van der Waals surface area contributed by atoms with E-state index in [2.05, 4.69) is 5.10 Å². The minimum Gasteiger partial charge on any atom is -0.371 e.